The second kappa shape index (κ2) is 31.7. The van der Waals surface area contributed by atoms with Gasteiger partial charge in [-0.15, -0.1) is 0 Å². The molecule has 48 heavy (non-hydrogen) atoms. The van der Waals surface area contributed by atoms with Crippen LogP contribution in [0.25, 0.3) is 0 Å². The number of nitrogens with one attached hydrogen (secondary N) is 1. The van der Waals surface area contributed by atoms with Crippen LogP contribution in [0.5, 0.6) is 0 Å². The number of rotatable bonds is 32. The molecular formula is C36H62NO10P. The van der Waals surface area contributed by atoms with E-state index in [1.165, 1.54) is 25.7 Å². The summed E-state index contributed by atoms with van der Waals surface area (Å²) in [6.07, 6.45) is 31.9. The van der Waals surface area contributed by atoms with Crippen LogP contribution in [0, 0.1) is 0 Å². The Bertz CT molecular complexity index is 1010. The first-order valence-electron chi connectivity index (χ1n) is 17.7. The van der Waals surface area contributed by atoms with Gasteiger partial charge >= 0.3 is 19.8 Å². The van der Waals surface area contributed by atoms with Crippen molar-refractivity contribution in [3.05, 3.63) is 48.6 Å². The van der Waals surface area contributed by atoms with Crippen molar-refractivity contribution in [3.63, 3.8) is 0 Å². The summed E-state index contributed by atoms with van der Waals surface area (Å²) in [5.41, 5.74) is 0. The number of aliphatic carboxylic acids is 1. The summed E-state index contributed by atoms with van der Waals surface area (Å²) < 4.78 is 26.5. The highest BCUT2D eigenvalue weighted by atomic mass is 31.2. The maximum Gasteiger partial charge on any atom is 0.472 e. The van der Waals surface area contributed by atoms with Gasteiger partial charge in [-0.1, -0.05) is 114 Å². The number of carbonyl (C=O) groups is 3. The lowest BCUT2D eigenvalue weighted by molar-refractivity contribution is -0.147. The molecular weight excluding hydrogens is 637 g/mol. The number of carbonyl (C=O) groups excluding carboxylic acids is 2. The van der Waals surface area contributed by atoms with Gasteiger partial charge in [-0.05, 0) is 51.4 Å². The minimum absolute atomic E-state index is 0.139. The van der Waals surface area contributed by atoms with E-state index in [9.17, 15) is 34.1 Å². The average molecular weight is 700 g/mol. The lowest BCUT2D eigenvalue weighted by atomic mass is 10.1. The number of aliphatic hydroxyl groups is 1. The van der Waals surface area contributed by atoms with Crippen molar-refractivity contribution < 1.29 is 47.8 Å². The Kier molecular flexibility index (Phi) is 30.0. The van der Waals surface area contributed by atoms with Crippen molar-refractivity contribution in [1.29, 1.82) is 0 Å². The van der Waals surface area contributed by atoms with Crippen molar-refractivity contribution in [2.24, 2.45) is 0 Å². The number of esters is 1. The summed E-state index contributed by atoms with van der Waals surface area (Å²) in [4.78, 5) is 45.4. The molecule has 0 radical (unpaired) electrons. The van der Waals surface area contributed by atoms with Crippen LogP contribution in [-0.4, -0.2) is 64.9 Å². The number of phosphoric ester groups is 1. The number of hydrogen-bond acceptors (Lipinski definition) is 8. The van der Waals surface area contributed by atoms with E-state index in [1.807, 2.05) is 12.2 Å². The van der Waals surface area contributed by atoms with Crippen LogP contribution in [0.15, 0.2) is 48.6 Å². The van der Waals surface area contributed by atoms with E-state index in [-0.39, 0.29) is 12.8 Å². The number of carboxylic acids is 1. The largest absolute Gasteiger partial charge is 0.480 e. The Morgan fingerprint density at radius 2 is 1.17 bits per heavy atom. The van der Waals surface area contributed by atoms with Crippen LogP contribution in [0.1, 0.15) is 129 Å². The normalized spacial score (nSPS) is 14.6. The Morgan fingerprint density at radius 3 is 1.75 bits per heavy atom. The second-order valence-corrected chi connectivity index (χ2v) is 13.2. The van der Waals surface area contributed by atoms with E-state index in [0.29, 0.717) is 19.3 Å². The molecule has 0 saturated carbocycles. The predicted molar refractivity (Wildman–Crippen MR) is 189 cm³/mol. The van der Waals surface area contributed by atoms with Gasteiger partial charge < -0.3 is 25.2 Å². The first-order chi connectivity index (χ1) is 23.1. The zero-order valence-electron chi connectivity index (χ0n) is 29.3. The topological polar surface area (TPSA) is 169 Å². The van der Waals surface area contributed by atoms with Gasteiger partial charge in [0.1, 0.15) is 12.7 Å². The smallest absolute Gasteiger partial charge is 0.472 e. The van der Waals surface area contributed by atoms with Crippen LogP contribution >= 0.6 is 7.82 Å². The fraction of sp³-hybridized carbons (Fsp3) is 0.694. The quantitative estimate of drug-likeness (QED) is 0.0235. The van der Waals surface area contributed by atoms with Crippen molar-refractivity contribution in [2.45, 2.75) is 142 Å². The zero-order valence-corrected chi connectivity index (χ0v) is 30.2. The summed E-state index contributed by atoms with van der Waals surface area (Å²) in [5.74, 6) is -2.45. The molecule has 1 amide bonds. The number of allylic oxidation sites excluding steroid dienone is 8. The summed E-state index contributed by atoms with van der Waals surface area (Å²) in [7, 11) is -4.75. The van der Waals surface area contributed by atoms with Gasteiger partial charge in [-0.25, -0.2) is 9.36 Å². The van der Waals surface area contributed by atoms with Crippen LogP contribution in [-0.2, 0) is 32.7 Å². The molecule has 0 aromatic rings. The van der Waals surface area contributed by atoms with Gasteiger partial charge in [0, 0.05) is 12.8 Å². The highest BCUT2D eigenvalue weighted by molar-refractivity contribution is 7.47. The minimum atomic E-state index is -4.75. The van der Waals surface area contributed by atoms with Gasteiger partial charge in [-0.2, -0.15) is 0 Å². The maximum absolute atomic E-state index is 12.1. The van der Waals surface area contributed by atoms with Gasteiger partial charge in [0.25, 0.3) is 0 Å². The molecule has 3 unspecified atom stereocenters. The van der Waals surface area contributed by atoms with E-state index < -0.39 is 57.6 Å². The van der Waals surface area contributed by atoms with Gasteiger partial charge in [0.15, 0.2) is 6.04 Å². The third-order valence-electron chi connectivity index (χ3n) is 7.12. The van der Waals surface area contributed by atoms with Gasteiger partial charge in [0.2, 0.25) is 5.91 Å². The molecule has 0 bridgehead atoms. The Labute approximate surface area is 288 Å². The van der Waals surface area contributed by atoms with Crippen LogP contribution in [0.3, 0.4) is 0 Å². The van der Waals surface area contributed by atoms with Crippen LogP contribution < -0.4 is 5.32 Å². The summed E-state index contributed by atoms with van der Waals surface area (Å²) in [6.45, 7) is 2.40. The molecule has 0 heterocycles. The lowest BCUT2D eigenvalue weighted by Crippen LogP contribution is -2.43. The standard InChI is InChI=1S/C36H62NO10P/c1-3-5-7-9-11-12-13-14-15-16-17-18-19-20-22-24-26-28-35(40)45-29-32(38)30-46-48(43,44)47-31-33(36(41)42)37-34(39)27-25-23-21-10-8-6-4-2/h11-12,14-15,17-18,20,22,32-33,38H,3-10,13,16,19,21,23-31H2,1-2H3,(H,37,39)(H,41,42)(H,43,44)/b12-11-,15-14-,18-17-,22-20-. The van der Waals surface area contributed by atoms with Crippen LogP contribution in [0.2, 0.25) is 0 Å². The summed E-state index contributed by atoms with van der Waals surface area (Å²) in [6, 6.07) is -1.55. The van der Waals surface area contributed by atoms with Crippen molar-refractivity contribution >= 4 is 25.7 Å². The zero-order chi connectivity index (χ0) is 35.7. The second-order valence-electron chi connectivity index (χ2n) is 11.7. The number of phosphoric acid groups is 1. The molecule has 3 atom stereocenters. The van der Waals surface area contributed by atoms with Crippen LogP contribution in [0.4, 0.5) is 0 Å². The molecule has 4 N–H and O–H groups in total. The van der Waals surface area contributed by atoms with Crippen molar-refractivity contribution in [1.82, 2.24) is 5.32 Å². The van der Waals surface area contributed by atoms with Gasteiger partial charge in [0.05, 0.1) is 13.2 Å². The molecule has 0 saturated heterocycles. The monoisotopic (exact) mass is 699 g/mol. The molecule has 0 rings (SSSR count). The molecule has 276 valence electrons. The average Bonchev–Trinajstić information content (AvgIpc) is 3.05. The highest BCUT2D eigenvalue weighted by Gasteiger charge is 2.28. The van der Waals surface area contributed by atoms with E-state index in [2.05, 4.69) is 55.6 Å². The molecule has 0 aromatic heterocycles. The predicted octanol–water partition coefficient (Wildman–Crippen LogP) is 7.88. The highest BCUT2D eigenvalue weighted by Crippen LogP contribution is 2.43. The van der Waals surface area contributed by atoms with E-state index in [0.717, 1.165) is 57.8 Å². The Morgan fingerprint density at radius 1 is 0.667 bits per heavy atom. The fourth-order valence-electron chi connectivity index (χ4n) is 4.30. The van der Waals surface area contributed by atoms with Crippen molar-refractivity contribution in [3.8, 4) is 0 Å². The van der Waals surface area contributed by atoms with Crippen molar-refractivity contribution in [2.75, 3.05) is 19.8 Å². The van der Waals surface area contributed by atoms with E-state index >= 15 is 0 Å². The summed E-state index contributed by atoms with van der Waals surface area (Å²) >= 11 is 0. The molecule has 0 aliphatic heterocycles. The Balaban J connectivity index is 4.05. The molecule has 0 spiro atoms. The SMILES string of the molecule is CCCCC/C=C\C/C=C\C/C=C\C/C=C\CCCC(=O)OCC(O)COP(=O)(O)OCC(NC(=O)CCCCCCCCC)C(=O)O. The van der Waals surface area contributed by atoms with E-state index in [1.54, 1.807) is 0 Å². The van der Waals surface area contributed by atoms with E-state index in [4.69, 9.17) is 13.8 Å². The number of ether oxygens (including phenoxy) is 1. The minimum Gasteiger partial charge on any atom is -0.480 e. The first kappa shape index (κ1) is 45.4. The molecule has 0 fully saturated rings. The number of hydrogen-bond donors (Lipinski definition) is 4. The molecule has 0 aliphatic rings. The number of carboxylic acid groups (broad SMARTS) is 1. The third kappa shape index (κ3) is 30.8. The molecule has 0 aromatic carbocycles. The molecule has 12 heteroatoms. The first-order valence-corrected chi connectivity index (χ1v) is 19.2. The molecule has 11 nitrogen and oxygen atoms in total. The maximum atomic E-state index is 12.1. The third-order valence-corrected chi connectivity index (χ3v) is 8.07. The van der Waals surface area contributed by atoms with Gasteiger partial charge in [-0.3, -0.25) is 18.6 Å². The lowest BCUT2D eigenvalue weighted by Gasteiger charge is -2.18. The molecule has 0 aliphatic carbocycles. The fourth-order valence-corrected chi connectivity index (χ4v) is 5.08. The number of amides is 1. The summed E-state index contributed by atoms with van der Waals surface area (Å²) in [5, 5.41) is 21.6. The number of aliphatic hydroxyl groups excluding tert-OH is 1. The number of unbranched alkanes of at least 4 members (excludes halogenated alkanes) is 10. The Hall–Kier alpha value is -2.56.